The van der Waals surface area contributed by atoms with E-state index in [0.29, 0.717) is 40.2 Å². The standard InChI is InChI=1S/C29H31N3O5/c1-5-20-16-30-10-11-32(20)24-7-6-18(17-33)12-22(24)21-8-9-31-23-15-25(37-28(21)23)19-13-26(34-2)29(36-4)27(14-19)35-3/h6-9,12-15,17,20,30H,5,10-11,16H2,1-4H3. The minimum absolute atomic E-state index is 0.360. The van der Waals surface area contributed by atoms with Crippen molar-refractivity contribution >= 4 is 23.1 Å². The number of rotatable bonds is 8. The highest BCUT2D eigenvalue weighted by molar-refractivity contribution is 5.97. The van der Waals surface area contributed by atoms with Crippen molar-refractivity contribution in [3.8, 4) is 39.7 Å². The maximum Gasteiger partial charge on any atom is 0.203 e. The molecule has 1 aliphatic rings. The summed E-state index contributed by atoms with van der Waals surface area (Å²) in [6.45, 7) is 4.91. The zero-order valence-corrected chi connectivity index (χ0v) is 21.5. The highest BCUT2D eigenvalue weighted by Gasteiger charge is 2.25. The van der Waals surface area contributed by atoms with Crippen LogP contribution in [0.4, 0.5) is 5.69 Å². The predicted molar refractivity (Wildman–Crippen MR) is 144 cm³/mol. The average Bonchev–Trinajstić information content (AvgIpc) is 3.40. The molecule has 8 nitrogen and oxygen atoms in total. The van der Waals surface area contributed by atoms with Crippen LogP contribution >= 0.6 is 0 Å². The van der Waals surface area contributed by atoms with Gasteiger partial charge < -0.3 is 28.8 Å². The van der Waals surface area contributed by atoms with Gasteiger partial charge in [0.1, 0.15) is 17.6 Å². The number of nitrogens with zero attached hydrogens (tertiary/aromatic N) is 2. The zero-order chi connectivity index (χ0) is 25.9. The molecular formula is C29H31N3O5. The third-order valence-electron chi connectivity index (χ3n) is 6.94. The second-order valence-corrected chi connectivity index (χ2v) is 8.95. The number of carbonyl (C=O) groups is 1. The number of nitrogens with one attached hydrogen (secondary N) is 1. The SMILES string of the molecule is CCC1CNCCN1c1ccc(C=O)cc1-c1ccnc2cc(-c3cc(OC)c(OC)c(OC)c3)oc12. The number of furan rings is 1. The number of pyridine rings is 1. The lowest BCUT2D eigenvalue weighted by Gasteiger charge is -2.38. The molecule has 2 aromatic heterocycles. The number of anilines is 1. The molecule has 1 atom stereocenters. The van der Waals surface area contributed by atoms with Crippen molar-refractivity contribution in [3.63, 3.8) is 0 Å². The maximum atomic E-state index is 11.7. The van der Waals surface area contributed by atoms with E-state index in [9.17, 15) is 4.79 Å². The van der Waals surface area contributed by atoms with Crippen LogP contribution in [0.25, 0.3) is 33.6 Å². The second kappa shape index (κ2) is 10.5. The molecule has 0 amide bonds. The summed E-state index contributed by atoms with van der Waals surface area (Å²) in [6.07, 6.45) is 3.67. The highest BCUT2D eigenvalue weighted by Crippen LogP contribution is 2.44. The lowest BCUT2D eigenvalue weighted by Crippen LogP contribution is -2.51. The summed E-state index contributed by atoms with van der Waals surface area (Å²) in [5, 5.41) is 3.49. The molecule has 1 saturated heterocycles. The fourth-order valence-electron chi connectivity index (χ4n) is 5.05. The van der Waals surface area contributed by atoms with Gasteiger partial charge in [-0.1, -0.05) is 6.92 Å². The van der Waals surface area contributed by atoms with Gasteiger partial charge in [0.05, 0.1) is 21.3 Å². The lowest BCUT2D eigenvalue weighted by molar-refractivity contribution is 0.112. The van der Waals surface area contributed by atoms with Crippen LogP contribution in [0, 0.1) is 0 Å². The lowest BCUT2D eigenvalue weighted by atomic mass is 9.98. The van der Waals surface area contributed by atoms with E-state index in [-0.39, 0.29) is 0 Å². The van der Waals surface area contributed by atoms with E-state index in [4.69, 9.17) is 18.6 Å². The Morgan fingerprint density at radius 2 is 1.84 bits per heavy atom. The van der Waals surface area contributed by atoms with Crippen LogP contribution in [0.3, 0.4) is 0 Å². The first kappa shape index (κ1) is 24.6. The molecule has 1 fully saturated rings. The van der Waals surface area contributed by atoms with Crippen LogP contribution in [0.5, 0.6) is 17.2 Å². The summed E-state index contributed by atoms with van der Waals surface area (Å²) in [5.74, 6) is 2.21. The molecule has 37 heavy (non-hydrogen) atoms. The number of aromatic nitrogens is 1. The minimum atomic E-state index is 0.360. The summed E-state index contributed by atoms with van der Waals surface area (Å²) in [5.41, 5.74) is 5.67. The van der Waals surface area contributed by atoms with Gasteiger partial charge in [-0.05, 0) is 42.8 Å². The van der Waals surface area contributed by atoms with E-state index in [0.717, 1.165) is 60.2 Å². The Balaban J connectivity index is 1.67. The average molecular weight is 502 g/mol. The number of benzene rings is 2. The van der Waals surface area contributed by atoms with Gasteiger partial charge in [0.2, 0.25) is 5.75 Å². The third kappa shape index (κ3) is 4.49. The van der Waals surface area contributed by atoms with Crippen LogP contribution < -0.4 is 24.4 Å². The van der Waals surface area contributed by atoms with Crippen molar-refractivity contribution in [1.82, 2.24) is 10.3 Å². The topological polar surface area (TPSA) is 86.1 Å². The highest BCUT2D eigenvalue weighted by atomic mass is 16.5. The van der Waals surface area contributed by atoms with Crippen LogP contribution in [0.1, 0.15) is 23.7 Å². The Hall–Kier alpha value is -4.04. The Bertz CT molecular complexity index is 1410. The van der Waals surface area contributed by atoms with Gasteiger partial charge in [-0.3, -0.25) is 9.78 Å². The summed E-state index contributed by atoms with van der Waals surface area (Å²) in [4.78, 5) is 18.7. The summed E-state index contributed by atoms with van der Waals surface area (Å²) >= 11 is 0. The number of aldehydes is 1. The second-order valence-electron chi connectivity index (χ2n) is 8.95. The summed E-state index contributed by atoms with van der Waals surface area (Å²) in [7, 11) is 4.74. The molecule has 1 N–H and O–H groups in total. The fraction of sp³-hybridized carbons (Fsp3) is 0.310. The van der Waals surface area contributed by atoms with Gasteiger partial charge in [-0.2, -0.15) is 0 Å². The molecule has 1 unspecified atom stereocenters. The molecule has 0 radical (unpaired) electrons. The Morgan fingerprint density at radius 1 is 1.05 bits per heavy atom. The van der Waals surface area contributed by atoms with Crippen molar-refractivity contribution in [1.29, 1.82) is 0 Å². The number of ether oxygens (including phenoxy) is 3. The Labute approximate surface area is 216 Å². The molecule has 4 aromatic rings. The van der Waals surface area contributed by atoms with Crippen molar-refractivity contribution in [3.05, 3.63) is 54.2 Å². The van der Waals surface area contributed by atoms with Gasteiger partial charge in [0.15, 0.2) is 17.1 Å². The number of fused-ring (bicyclic) bond motifs is 1. The molecule has 2 aromatic carbocycles. The predicted octanol–water partition coefficient (Wildman–Crippen LogP) is 5.19. The van der Waals surface area contributed by atoms with Crippen LogP contribution in [0.15, 0.2) is 53.1 Å². The van der Waals surface area contributed by atoms with Gasteiger partial charge in [0, 0.05) is 65.9 Å². The third-order valence-corrected chi connectivity index (χ3v) is 6.94. The maximum absolute atomic E-state index is 11.7. The van der Waals surface area contributed by atoms with E-state index >= 15 is 0 Å². The normalized spacial score (nSPS) is 15.6. The first-order chi connectivity index (χ1) is 18.1. The number of hydrogen-bond acceptors (Lipinski definition) is 8. The quantitative estimate of drug-likeness (QED) is 0.330. The Kier molecular flexibility index (Phi) is 7.01. The van der Waals surface area contributed by atoms with Crippen LogP contribution in [-0.2, 0) is 0 Å². The number of hydrogen-bond donors (Lipinski definition) is 1. The molecule has 0 saturated carbocycles. The van der Waals surface area contributed by atoms with Crippen LogP contribution in [0.2, 0.25) is 0 Å². The fourth-order valence-corrected chi connectivity index (χ4v) is 5.05. The first-order valence-corrected chi connectivity index (χ1v) is 12.4. The summed E-state index contributed by atoms with van der Waals surface area (Å²) in [6, 6.07) is 13.8. The molecular weight excluding hydrogens is 470 g/mol. The van der Waals surface area contributed by atoms with Crippen molar-refractivity contribution in [2.45, 2.75) is 19.4 Å². The summed E-state index contributed by atoms with van der Waals surface area (Å²) < 4.78 is 23.0. The van der Waals surface area contributed by atoms with E-state index in [1.54, 1.807) is 27.5 Å². The van der Waals surface area contributed by atoms with Gasteiger partial charge in [0.25, 0.3) is 0 Å². The minimum Gasteiger partial charge on any atom is -0.493 e. The largest absolute Gasteiger partial charge is 0.493 e. The molecule has 0 aliphatic carbocycles. The van der Waals surface area contributed by atoms with E-state index in [1.807, 2.05) is 42.5 Å². The number of methoxy groups -OCH3 is 3. The molecule has 1 aliphatic heterocycles. The van der Waals surface area contributed by atoms with Gasteiger partial charge in [-0.25, -0.2) is 0 Å². The number of carbonyl (C=O) groups excluding carboxylic acids is 1. The molecule has 8 heteroatoms. The van der Waals surface area contributed by atoms with Gasteiger partial charge >= 0.3 is 0 Å². The first-order valence-electron chi connectivity index (χ1n) is 12.4. The van der Waals surface area contributed by atoms with Crippen molar-refractivity contribution in [2.75, 3.05) is 45.9 Å². The zero-order valence-electron chi connectivity index (χ0n) is 21.5. The van der Waals surface area contributed by atoms with Gasteiger partial charge in [-0.15, -0.1) is 0 Å². The Morgan fingerprint density at radius 3 is 2.51 bits per heavy atom. The molecule has 5 rings (SSSR count). The molecule has 0 spiro atoms. The molecule has 3 heterocycles. The van der Waals surface area contributed by atoms with E-state index < -0.39 is 0 Å². The monoisotopic (exact) mass is 501 g/mol. The van der Waals surface area contributed by atoms with Crippen molar-refractivity contribution in [2.24, 2.45) is 0 Å². The molecule has 0 bridgehead atoms. The van der Waals surface area contributed by atoms with Crippen molar-refractivity contribution < 1.29 is 23.4 Å². The van der Waals surface area contributed by atoms with Crippen LogP contribution in [-0.4, -0.2) is 58.3 Å². The smallest absolute Gasteiger partial charge is 0.203 e. The number of piperazine rings is 1. The van der Waals surface area contributed by atoms with E-state index in [2.05, 4.69) is 22.1 Å². The van der Waals surface area contributed by atoms with E-state index in [1.165, 1.54) is 0 Å². The molecule has 192 valence electrons.